The normalized spacial score (nSPS) is 9.07. The van der Waals surface area contributed by atoms with Crippen LogP contribution in [0.1, 0.15) is 0 Å². The molecule has 0 atom stereocenters. The second-order valence-corrected chi connectivity index (χ2v) is 3.83. The largest absolute Gasteiger partial charge is 0.352 e. The lowest BCUT2D eigenvalue weighted by Gasteiger charge is -2.03. The van der Waals surface area contributed by atoms with Crippen LogP contribution in [0.3, 0.4) is 0 Å². The molecule has 0 aromatic carbocycles. The highest BCUT2D eigenvalue weighted by atomic mass is 32.2. The fourth-order valence-corrected chi connectivity index (χ4v) is 1.44. The average Bonchev–Trinajstić information content (AvgIpc) is 2.26. The first-order valence-electron chi connectivity index (χ1n) is 4.59. The minimum absolute atomic E-state index is 0.157. The van der Waals surface area contributed by atoms with Gasteiger partial charge in [-0.05, 0) is 12.2 Å². The summed E-state index contributed by atoms with van der Waals surface area (Å²) < 4.78 is 0. The molecule has 0 aromatic heterocycles. The van der Waals surface area contributed by atoms with Crippen LogP contribution in [0.15, 0.2) is 25.3 Å². The summed E-state index contributed by atoms with van der Waals surface area (Å²) in [6.07, 6.45) is 2.49. The van der Waals surface area contributed by atoms with Crippen LogP contribution in [-0.4, -0.2) is 36.4 Å². The Labute approximate surface area is 94.2 Å². The van der Waals surface area contributed by atoms with E-state index in [1.54, 1.807) is 11.8 Å². The molecular weight excluding hydrogens is 212 g/mol. The highest BCUT2D eigenvalue weighted by Gasteiger charge is 1.94. The van der Waals surface area contributed by atoms with Gasteiger partial charge >= 0.3 is 0 Å². The van der Waals surface area contributed by atoms with Crippen molar-refractivity contribution in [2.75, 3.05) is 24.6 Å². The maximum Gasteiger partial charge on any atom is 0.243 e. The molecule has 5 heteroatoms. The quantitative estimate of drug-likeness (QED) is 0.465. The summed E-state index contributed by atoms with van der Waals surface area (Å²) in [5.74, 6) is 1.33. The van der Waals surface area contributed by atoms with E-state index in [1.807, 2.05) is 0 Å². The number of carbonyl (C=O) groups is 2. The van der Waals surface area contributed by atoms with Gasteiger partial charge in [0.15, 0.2) is 0 Å². The van der Waals surface area contributed by atoms with Crippen LogP contribution >= 0.6 is 11.8 Å². The first-order chi connectivity index (χ1) is 7.20. The number of carbonyl (C=O) groups excluding carboxylic acids is 2. The van der Waals surface area contributed by atoms with E-state index in [4.69, 9.17) is 0 Å². The van der Waals surface area contributed by atoms with Gasteiger partial charge in [0, 0.05) is 24.6 Å². The Kier molecular flexibility index (Phi) is 8.56. The minimum Gasteiger partial charge on any atom is -0.352 e. The molecule has 2 amide bonds. The van der Waals surface area contributed by atoms with Gasteiger partial charge < -0.3 is 10.6 Å². The van der Waals surface area contributed by atoms with E-state index in [2.05, 4.69) is 23.8 Å². The molecule has 0 saturated heterocycles. The Balaban J connectivity index is 3.18. The average molecular weight is 228 g/mol. The molecule has 0 saturated carbocycles. The number of amides is 2. The fourth-order valence-electron chi connectivity index (χ4n) is 0.739. The first kappa shape index (κ1) is 13.8. The minimum atomic E-state index is -0.157. The molecule has 15 heavy (non-hydrogen) atoms. The molecular formula is C10H16N2O2S. The summed E-state index contributed by atoms with van der Waals surface area (Å²) in [6.45, 7) is 7.92. The maximum absolute atomic E-state index is 10.7. The van der Waals surface area contributed by atoms with Gasteiger partial charge in [0.25, 0.3) is 0 Å². The summed E-state index contributed by atoms with van der Waals surface area (Å²) in [4.78, 5) is 21.4. The van der Waals surface area contributed by atoms with Crippen molar-refractivity contribution < 1.29 is 9.59 Å². The van der Waals surface area contributed by atoms with Crippen molar-refractivity contribution in [2.24, 2.45) is 0 Å². The van der Waals surface area contributed by atoms with Gasteiger partial charge in [-0.25, -0.2) is 0 Å². The molecule has 2 N–H and O–H groups in total. The zero-order valence-corrected chi connectivity index (χ0v) is 9.44. The third-order valence-electron chi connectivity index (χ3n) is 1.46. The van der Waals surface area contributed by atoms with Gasteiger partial charge in [0.2, 0.25) is 11.8 Å². The van der Waals surface area contributed by atoms with Gasteiger partial charge in [-0.2, -0.15) is 11.8 Å². The van der Waals surface area contributed by atoms with Crippen LogP contribution in [0.5, 0.6) is 0 Å². The van der Waals surface area contributed by atoms with Gasteiger partial charge in [-0.3, -0.25) is 9.59 Å². The lowest BCUT2D eigenvalue weighted by molar-refractivity contribution is -0.117. The third kappa shape index (κ3) is 9.08. The van der Waals surface area contributed by atoms with E-state index in [1.165, 1.54) is 12.2 Å². The standard InChI is InChI=1S/C10H16N2O2S/c1-3-9(13)11-5-7-15-8-6-12-10(14)4-2/h3-4H,1-2,5-8H2,(H,11,13)(H,12,14). The molecule has 0 radical (unpaired) electrons. The molecule has 0 aliphatic heterocycles. The molecule has 0 aromatic rings. The lowest BCUT2D eigenvalue weighted by Crippen LogP contribution is -2.25. The van der Waals surface area contributed by atoms with Gasteiger partial charge in [0.1, 0.15) is 0 Å². The summed E-state index contributed by atoms with van der Waals surface area (Å²) in [7, 11) is 0. The predicted molar refractivity (Wildman–Crippen MR) is 63.7 cm³/mol. The van der Waals surface area contributed by atoms with Crippen molar-refractivity contribution in [2.45, 2.75) is 0 Å². The number of nitrogens with one attached hydrogen (secondary N) is 2. The number of rotatable bonds is 8. The van der Waals surface area contributed by atoms with E-state index in [9.17, 15) is 9.59 Å². The zero-order chi connectivity index (χ0) is 11.5. The highest BCUT2D eigenvalue weighted by Crippen LogP contribution is 1.95. The molecule has 0 rings (SSSR count). The molecule has 84 valence electrons. The first-order valence-corrected chi connectivity index (χ1v) is 5.74. The molecule has 0 fully saturated rings. The number of hydrogen-bond acceptors (Lipinski definition) is 3. The lowest BCUT2D eigenvalue weighted by atomic mass is 10.5. The molecule has 4 nitrogen and oxygen atoms in total. The smallest absolute Gasteiger partial charge is 0.243 e. The highest BCUT2D eigenvalue weighted by molar-refractivity contribution is 7.99. The van der Waals surface area contributed by atoms with Crippen LogP contribution in [0.2, 0.25) is 0 Å². The molecule has 0 aliphatic rings. The Bertz CT molecular complexity index is 218. The monoisotopic (exact) mass is 228 g/mol. The van der Waals surface area contributed by atoms with Gasteiger partial charge in [0.05, 0.1) is 0 Å². The van der Waals surface area contributed by atoms with Crippen molar-refractivity contribution in [1.29, 1.82) is 0 Å². The SMILES string of the molecule is C=CC(=O)NCCSCCNC(=O)C=C. The third-order valence-corrected chi connectivity index (χ3v) is 2.45. The molecule has 0 spiro atoms. The van der Waals surface area contributed by atoms with Crippen LogP contribution < -0.4 is 10.6 Å². The Morgan fingerprint density at radius 3 is 1.73 bits per heavy atom. The summed E-state index contributed by atoms with van der Waals surface area (Å²) in [6, 6.07) is 0. The van der Waals surface area contributed by atoms with Crippen LogP contribution in [0, 0.1) is 0 Å². The van der Waals surface area contributed by atoms with Crippen molar-refractivity contribution in [1.82, 2.24) is 10.6 Å². The van der Waals surface area contributed by atoms with Gasteiger partial charge in [-0.1, -0.05) is 13.2 Å². The Hall–Kier alpha value is -1.23. The fraction of sp³-hybridized carbons (Fsp3) is 0.400. The molecule has 0 unspecified atom stereocenters. The van der Waals surface area contributed by atoms with E-state index >= 15 is 0 Å². The van der Waals surface area contributed by atoms with Crippen LogP contribution in [0.4, 0.5) is 0 Å². The molecule has 0 bridgehead atoms. The second-order valence-electron chi connectivity index (χ2n) is 2.60. The molecule has 0 heterocycles. The Morgan fingerprint density at radius 2 is 1.40 bits per heavy atom. The van der Waals surface area contributed by atoms with Crippen LogP contribution in [0.25, 0.3) is 0 Å². The van der Waals surface area contributed by atoms with Gasteiger partial charge in [-0.15, -0.1) is 0 Å². The summed E-state index contributed by atoms with van der Waals surface area (Å²) >= 11 is 1.66. The van der Waals surface area contributed by atoms with E-state index in [-0.39, 0.29) is 11.8 Å². The van der Waals surface area contributed by atoms with E-state index in [0.29, 0.717) is 13.1 Å². The summed E-state index contributed by atoms with van der Waals surface area (Å²) in [5, 5.41) is 5.32. The zero-order valence-electron chi connectivity index (χ0n) is 8.62. The molecule has 0 aliphatic carbocycles. The van der Waals surface area contributed by atoms with Crippen molar-refractivity contribution in [3.05, 3.63) is 25.3 Å². The van der Waals surface area contributed by atoms with Crippen LogP contribution in [-0.2, 0) is 9.59 Å². The number of hydrogen-bond donors (Lipinski definition) is 2. The topological polar surface area (TPSA) is 58.2 Å². The second kappa shape index (κ2) is 9.33. The maximum atomic E-state index is 10.7. The summed E-state index contributed by atoms with van der Waals surface area (Å²) in [5.41, 5.74) is 0. The van der Waals surface area contributed by atoms with E-state index in [0.717, 1.165) is 11.5 Å². The Morgan fingerprint density at radius 1 is 1.00 bits per heavy atom. The van der Waals surface area contributed by atoms with E-state index < -0.39 is 0 Å². The number of thioether (sulfide) groups is 1. The van der Waals surface area contributed by atoms with Crippen molar-refractivity contribution in [3.63, 3.8) is 0 Å². The van der Waals surface area contributed by atoms with Crippen molar-refractivity contribution in [3.8, 4) is 0 Å². The predicted octanol–water partition coefficient (Wildman–Crippen LogP) is 0.324. The van der Waals surface area contributed by atoms with Crippen molar-refractivity contribution >= 4 is 23.6 Å².